The van der Waals surface area contributed by atoms with Crippen molar-refractivity contribution in [1.82, 2.24) is 25.9 Å². The molecule has 2 rings (SSSR count). The van der Waals surface area contributed by atoms with Crippen LogP contribution in [0.15, 0.2) is 24.4 Å². The third kappa shape index (κ3) is 4.28. The minimum absolute atomic E-state index is 0.182. The molecule has 1 aromatic heterocycles. The lowest BCUT2D eigenvalue weighted by Crippen LogP contribution is -2.24. The molecule has 0 aliphatic carbocycles. The molecule has 8 nitrogen and oxygen atoms in total. The van der Waals surface area contributed by atoms with Crippen LogP contribution in [0.4, 0.5) is 5.69 Å². The van der Waals surface area contributed by atoms with Crippen LogP contribution >= 0.6 is 11.6 Å². The number of carbonyl (C=O) groups is 1. The Bertz CT molecular complexity index is 749. The average Bonchev–Trinajstić information content (AvgIpc) is 3.07. The number of hydrogen-bond acceptors (Lipinski definition) is 6. The van der Waals surface area contributed by atoms with Gasteiger partial charge in [0.1, 0.15) is 11.6 Å². The van der Waals surface area contributed by atoms with E-state index in [1.54, 1.807) is 18.2 Å². The predicted molar refractivity (Wildman–Crippen MR) is 85.5 cm³/mol. The first-order chi connectivity index (χ1) is 11.2. The molecule has 0 unspecified atom stereocenters. The van der Waals surface area contributed by atoms with Gasteiger partial charge in [-0.3, -0.25) is 4.79 Å². The van der Waals surface area contributed by atoms with E-state index in [1.165, 1.54) is 6.20 Å². The highest BCUT2D eigenvalue weighted by atomic mass is 35.5. The van der Waals surface area contributed by atoms with E-state index in [-0.39, 0.29) is 17.3 Å². The summed E-state index contributed by atoms with van der Waals surface area (Å²) in [7, 11) is 0. The normalized spacial score (nSPS) is 10.9. The van der Waals surface area contributed by atoms with Gasteiger partial charge in [-0.15, -0.1) is 10.2 Å². The fourth-order valence-corrected chi connectivity index (χ4v) is 1.97. The maximum absolute atomic E-state index is 11.9. The van der Waals surface area contributed by atoms with Gasteiger partial charge in [-0.1, -0.05) is 18.5 Å². The summed E-state index contributed by atoms with van der Waals surface area (Å²) in [4.78, 5) is 11.9. The molecule has 1 aromatic carbocycles. The van der Waals surface area contributed by atoms with E-state index in [9.17, 15) is 4.79 Å². The Hall–Kier alpha value is -2.92. The number of nitrogens with zero attached hydrogens (tertiary/aromatic N) is 4. The molecule has 118 valence electrons. The Labute approximate surface area is 137 Å². The maximum atomic E-state index is 11.9. The van der Waals surface area contributed by atoms with Crippen LogP contribution in [0.3, 0.4) is 0 Å². The number of anilines is 1. The number of carbonyl (C=O) groups excluding carboxylic acids is 1. The number of allylic oxidation sites excluding steroid dienone is 1. The van der Waals surface area contributed by atoms with Crippen molar-refractivity contribution in [2.75, 3.05) is 11.9 Å². The highest BCUT2D eigenvalue weighted by Gasteiger charge is 2.10. The van der Waals surface area contributed by atoms with Crippen LogP contribution in [0.25, 0.3) is 5.57 Å². The summed E-state index contributed by atoms with van der Waals surface area (Å²) < 4.78 is 0. The zero-order valence-corrected chi connectivity index (χ0v) is 13.1. The van der Waals surface area contributed by atoms with Gasteiger partial charge in [-0.2, -0.15) is 10.5 Å². The molecular weight excluding hydrogens is 318 g/mol. The van der Waals surface area contributed by atoms with Crippen molar-refractivity contribution in [3.63, 3.8) is 0 Å². The van der Waals surface area contributed by atoms with Gasteiger partial charge in [-0.25, -0.2) is 0 Å². The van der Waals surface area contributed by atoms with E-state index < -0.39 is 0 Å². The van der Waals surface area contributed by atoms with E-state index in [0.717, 1.165) is 6.42 Å². The number of benzene rings is 1. The number of halogens is 1. The first-order valence-electron chi connectivity index (χ1n) is 6.84. The second-order valence-electron chi connectivity index (χ2n) is 4.50. The molecule has 0 fully saturated rings. The van der Waals surface area contributed by atoms with Crippen molar-refractivity contribution in [3.8, 4) is 6.07 Å². The van der Waals surface area contributed by atoms with Gasteiger partial charge >= 0.3 is 0 Å². The summed E-state index contributed by atoms with van der Waals surface area (Å²) in [6.07, 6.45) is 2.29. The van der Waals surface area contributed by atoms with E-state index in [1.807, 2.05) is 13.0 Å². The number of aromatic amines is 1. The molecule has 0 radical (unpaired) electrons. The number of tetrazole rings is 1. The lowest BCUT2D eigenvalue weighted by atomic mass is 10.2. The van der Waals surface area contributed by atoms with Crippen LogP contribution in [0.2, 0.25) is 5.02 Å². The Morgan fingerprint density at radius 3 is 2.96 bits per heavy atom. The van der Waals surface area contributed by atoms with Crippen molar-refractivity contribution in [1.29, 1.82) is 5.26 Å². The van der Waals surface area contributed by atoms with Crippen LogP contribution in [0.1, 0.15) is 29.5 Å². The molecule has 0 aliphatic heterocycles. The molecular formula is C14H14ClN7O. The number of H-pyrrole nitrogens is 1. The molecule has 0 atom stereocenters. The van der Waals surface area contributed by atoms with Crippen LogP contribution in [0.5, 0.6) is 0 Å². The zero-order chi connectivity index (χ0) is 16.7. The Morgan fingerprint density at radius 1 is 1.52 bits per heavy atom. The topological polar surface area (TPSA) is 119 Å². The molecule has 0 bridgehead atoms. The molecule has 1 amide bonds. The number of nitrogens with one attached hydrogen (secondary N) is 3. The Morgan fingerprint density at radius 2 is 2.35 bits per heavy atom. The minimum Gasteiger partial charge on any atom is -0.360 e. The summed E-state index contributed by atoms with van der Waals surface area (Å²) in [6, 6.07) is 6.86. The number of hydrogen-bond donors (Lipinski definition) is 3. The molecule has 2 aromatic rings. The van der Waals surface area contributed by atoms with E-state index >= 15 is 0 Å². The first kappa shape index (κ1) is 16.5. The quantitative estimate of drug-likeness (QED) is 0.696. The van der Waals surface area contributed by atoms with E-state index in [4.69, 9.17) is 16.9 Å². The molecule has 23 heavy (non-hydrogen) atoms. The SMILES string of the molecule is CCCNC(=O)c1ccc(NC=C(C#N)c2nn[nH]n2)cc1Cl. The van der Waals surface area contributed by atoms with Gasteiger partial charge in [0.05, 0.1) is 10.6 Å². The largest absolute Gasteiger partial charge is 0.360 e. The third-order valence-corrected chi connectivity index (χ3v) is 3.15. The van der Waals surface area contributed by atoms with Crippen LogP contribution in [-0.2, 0) is 0 Å². The van der Waals surface area contributed by atoms with Gasteiger partial charge in [0, 0.05) is 18.4 Å². The maximum Gasteiger partial charge on any atom is 0.252 e. The summed E-state index contributed by atoms with van der Waals surface area (Å²) in [5, 5.41) is 28.2. The summed E-state index contributed by atoms with van der Waals surface area (Å²) in [5.41, 5.74) is 1.23. The van der Waals surface area contributed by atoms with E-state index in [0.29, 0.717) is 22.8 Å². The Kier molecular flexibility index (Phi) is 5.66. The fourth-order valence-electron chi connectivity index (χ4n) is 1.70. The zero-order valence-electron chi connectivity index (χ0n) is 12.3. The minimum atomic E-state index is -0.219. The molecule has 0 spiro atoms. The number of aromatic nitrogens is 4. The molecule has 0 aliphatic rings. The summed E-state index contributed by atoms with van der Waals surface area (Å²) >= 11 is 6.13. The van der Waals surface area contributed by atoms with Gasteiger partial charge in [0.2, 0.25) is 5.82 Å². The number of amides is 1. The highest BCUT2D eigenvalue weighted by molar-refractivity contribution is 6.34. The molecule has 0 saturated carbocycles. The second kappa shape index (κ2) is 7.91. The standard InChI is InChI=1S/C14H14ClN7O/c1-2-5-17-14(23)11-4-3-10(6-12(11)15)18-8-9(7-16)13-19-21-22-20-13/h3-4,6,8,18H,2,5H2,1H3,(H,17,23)(H,19,20,21,22). The predicted octanol–water partition coefficient (Wildman–Crippen LogP) is 1.97. The lowest BCUT2D eigenvalue weighted by molar-refractivity contribution is 0.0954. The Balaban J connectivity index is 2.12. The van der Waals surface area contributed by atoms with Crippen LogP contribution < -0.4 is 10.6 Å². The van der Waals surface area contributed by atoms with Crippen LogP contribution in [-0.4, -0.2) is 33.1 Å². The third-order valence-electron chi connectivity index (χ3n) is 2.84. The summed E-state index contributed by atoms with van der Waals surface area (Å²) in [5.74, 6) is -0.0369. The smallest absolute Gasteiger partial charge is 0.252 e. The number of nitriles is 1. The van der Waals surface area contributed by atoms with Gasteiger partial charge in [0.15, 0.2) is 0 Å². The average molecular weight is 332 g/mol. The fraction of sp³-hybridized carbons (Fsp3) is 0.214. The molecule has 0 saturated heterocycles. The van der Waals surface area contributed by atoms with Crippen LogP contribution in [0, 0.1) is 11.3 Å². The van der Waals surface area contributed by atoms with Crippen molar-refractivity contribution < 1.29 is 4.79 Å². The van der Waals surface area contributed by atoms with Crippen molar-refractivity contribution in [2.45, 2.75) is 13.3 Å². The highest BCUT2D eigenvalue weighted by Crippen LogP contribution is 2.21. The molecule has 1 heterocycles. The summed E-state index contributed by atoms with van der Waals surface area (Å²) in [6.45, 7) is 2.56. The first-order valence-corrected chi connectivity index (χ1v) is 7.22. The molecule has 9 heteroatoms. The van der Waals surface area contributed by atoms with Crippen molar-refractivity contribution in [2.24, 2.45) is 0 Å². The second-order valence-corrected chi connectivity index (χ2v) is 4.91. The van der Waals surface area contributed by atoms with Gasteiger partial charge in [-0.05, 0) is 29.8 Å². The van der Waals surface area contributed by atoms with Gasteiger partial charge in [0.25, 0.3) is 5.91 Å². The molecule has 3 N–H and O–H groups in total. The number of rotatable bonds is 6. The van der Waals surface area contributed by atoms with Crippen molar-refractivity contribution >= 4 is 28.8 Å². The van der Waals surface area contributed by atoms with E-state index in [2.05, 4.69) is 31.3 Å². The van der Waals surface area contributed by atoms with Crippen molar-refractivity contribution in [3.05, 3.63) is 40.8 Å². The monoisotopic (exact) mass is 331 g/mol. The lowest BCUT2D eigenvalue weighted by Gasteiger charge is -2.08. The van der Waals surface area contributed by atoms with Gasteiger partial charge < -0.3 is 10.6 Å².